The minimum Gasteiger partial charge on any atom is -0.490 e. The third kappa shape index (κ3) is 3.98. The van der Waals surface area contributed by atoms with Gasteiger partial charge in [0.25, 0.3) is 5.91 Å². The van der Waals surface area contributed by atoms with E-state index in [2.05, 4.69) is 15.8 Å². The van der Waals surface area contributed by atoms with Crippen LogP contribution < -0.4 is 15.5 Å². The van der Waals surface area contributed by atoms with E-state index in [1.54, 1.807) is 6.07 Å². The van der Waals surface area contributed by atoms with Gasteiger partial charge in [-0.25, -0.2) is 5.43 Å². The van der Waals surface area contributed by atoms with Gasteiger partial charge in [0.1, 0.15) is 5.92 Å². The minimum atomic E-state index is -0.898. The average molecular weight is 382 g/mol. The van der Waals surface area contributed by atoms with Crippen LogP contribution in [0.3, 0.4) is 0 Å². The molecule has 0 aromatic heterocycles. The number of hydrogen-bond donors (Lipinski definition) is 2. The molecule has 2 N–H and O–H groups in total. The summed E-state index contributed by atoms with van der Waals surface area (Å²) in [5.41, 5.74) is 3.43. The molecular formula is C19H18N4O5. The van der Waals surface area contributed by atoms with E-state index in [1.165, 1.54) is 25.5 Å². The zero-order valence-electron chi connectivity index (χ0n) is 15.0. The van der Waals surface area contributed by atoms with Gasteiger partial charge in [0, 0.05) is 24.1 Å². The predicted octanol–water partition coefficient (Wildman–Crippen LogP) is 1.58. The van der Waals surface area contributed by atoms with Crippen molar-refractivity contribution >= 4 is 23.7 Å². The highest BCUT2D eigenvalue weighted by molar-refractivity contribution is 6.03. The Balaban J connectivity index is 1.71. The Kier molecular flexibility index (Phi) is 5.64. The van der Waals surface area contributed by atoms with E-state index < -0.39 is 16.7 Å². The largest absolute Gasteiger partial charge is 0.490 e. The first-order chi connectivity index (χ1) is 13.5. The molecule has 2 aromatic carbocycles. The molecule has 0 saturated carbocycles. The number of carbonyl (C=O) groups excluding carboxylic acids is 2. The van der Waals surface area contributed by atoms with E-state index in [4.69, 9.17) is 4.74 Å². The van der Waals surface area contributed by atoms with Crippen LogP contribution in [0.2, 0.25) is 0 Å². The van der Waals surface area contributed by atoms with E-state index in [-0.39, 0.29) is 23.3 Å². The maximum absolute atomic E-state index is 12.5. The summed E-state index contributed by atoms with van der Waals surface area (Å²) >= 11 is 0. The van der Waals surface area contributed by atoms with Crippen LogP contribution in [0.1, 0.15) is 17.0 Å². The van der Waals surface area contributed by atoms with Crippen molar-refractivity contribution in [3.8, 4) is 5.75 Å². The number of nitro benzene ring substituents is 1. The molecule has 3 rings (SSSR count). The normalized spacial score (nSPS) is 18.7. The number of hydrogen-bond acceptors (Lipinski definition) is 6. The van der Waals surface area contributed by atoms with E-state index in [1.807, 2.05) is 30.3 Å². The molecule has 1 saturated heterocycles. The van der Waals surface area contributed by atoms with Gasteiger partial charge in [-0.15, -0.1) is 0 Å². The van der Waals surface area contributed by atoms with Crippen molar-refractivity contribution in [3.05, 3.63) is 69.8 Å². The van der Waals surface area contributed by atoms with Crippen LogP contribution in [-0.2, 0) is 9.59 Å². The fraction of sp³-hybridized carbons (Fsp3) is 0.211. The van der Waals surface area contributed by atoms with Crippen molar-refractivity contribution in [3.63, 3.8) is 0 Å². The lowest BCUT2D eigenvalue weighted by Gasteiger charge is -2.15. The van der Waals surface area contributed by atoms with E-state index in [0.717, 1.165) is 5.56 Å². The van der Waals surface area contributed by atoms with E-state index in [9.17, 15) is 19.7 Å². The number of nitrogens with one attached hydrogen (secondary N) is 2. The van der Waals surface area contributed by atoms with E-state index in [0.29, 0.717) is 12.1 Å². The van der Waals surface area contributed by atoms with Crippen molar-refractivity contribution in [2.45, 2.75) is 5.92 Å². The van der Waals surface area contributed by atoms with Crippen LogP contribution in [0.5, 0.6) is 5.75 Å². The van der Waals surface area contributed by atoms with Crippen LogP contribution in [-0.4, -0.2) is 36.6 Å². The second-order valence-corrected chi connectivity index (χ2v) is 6.16. The molecule has 2 unspecified atom stereocenters. The molecule has 28 heavy (non-hydrogen) atoms. The molecule has 2 atom stereocenters. The highest BCUT2D eigenvalue weighted by Gasteiger charge is 2.40. The summed E-state index contributed by atoms with van der Waals surface area (Å²) in [5.74, 6) is -1.96. The first kappa shape index (κ1) is 19.0. The van der Waals surface area contributed by atoms with Crippen LogP contribution in [0.25, 0.3) is 0 Å². The van der Waals surface area contributed by atoms with Gasteiger partial charge in [0.05, 0.1) is 18.2 Å². The number of hydrazone groups is 1. The number of amides is 2. The summed E-state index contributed by atoms with van der Waals surface area (Å²) in [6.07, 6.45) is 1.27. The molecule has 1 heterocycles. The summed E-state index contributed by atoms with van der Waals surface area (Å²) in [4.78, 5) is 35.1. The lowest BCUT2D eigenvalue weighted by molar-refractivity contribution is -0.385. The molecule has 9 nitrogen and oxygen atoms in total. The van der Waals surface area contributed by atoms with Crippen molar-refractivity contribution in [2.24, 2.45) is 11.0 Å². The Labute approximate surface area is 160 Å². The van der Waals surface area contributed by atoms with Crippen LogP contribution >= 0.6 is 0 Å². The van der Waals surface area contributed by atoms with Crippen LogP contribution in [0.15, 0.2) is 53.6 Å². The van der Waals surface area contributed by atoms with Crippen molar-refractivity contribution in [2.75, 3.05) is 13.7 Å². The van der Waals surface area contributed by atoms with Gasteiger partial charge >= 0.3 is 5.69 Å². The standard InChI is InChI=1S/C19H18N4O5/c1-28-16-8-7-12(9-15(16)23(26)27)10-21-22-19(25)17-14(11-20-18(17)24)13-5-3-2-4-6-13/h2-10,14,17H,11H2,1H3,(H,20,24)(H,22,25). The quantitative estimate of drug-likeness (QED) is 0.340. The zero-order chi connectivity index (χ0) is 20.1. The summed E-state index contributed by atoms with van der Waals surface area (Å²) in [7, 11) is 1.34. The Hall–Kier alpha value is -3.75. The molecule has 0 bridgehead atoms. The molecule has 2 aromatic rings. The van der Waals surface area contributed by atoms with Gasteiger partial charge in [-0.3, -0.25) is 19.7 Å². The van der Waals surface area contributed by atoms with Gasteiger partial charge in [0.2, 0.25) is 5.91 Å². The molecule has 1 fully saturated rings. The fourth-order valence-electron chi connectivity index (χ4n) is 3.10. The monoisotopic (exact) mass is 382 g/mol. The molecule has 9 heteroatoms. The Morgan fingerprint density at radius 2 is 2.07 bits per heavy atom. The van der Waals surface area contributed by atoms with Gasteiger partial charge < -0.3 is 10.1 Å². The molecule has 144 valence electrons. The number of methoxy groups -OCH3 is 1. The molecule has 0 spiro atoms. The lowest BCUT2D eigenvalue weighted by atomic mass is 9.88. The number of benzene rings is 2. The second-order valence-electron chi connectivity index (χ2n) is 6.16. The summed E-state index contributed by atoms with van der Waals surface area (Å²) in [6.45, 7) is 0.370. The van der Waals surface area contributed by atoms with Gasteiger partial charge in [-0.1, -0.05) is 30.3 Å². The highest BCUT2D eigenvalue weighted by atomic mass is 16.6. The summed E-state index contributed by atoms with van der Waals surface area (Å²) in [5, 5.41) is 17.6. The SMILES string of the molecule is COc1ccc(C=NNC(=O)C2C(=O)NCC2c2ccccc2)cc1[N+](=O)[O-]. The number of nitro groups is 1. The van der Waals surface area contributed by atoms with Gasteiger partial charge in [-0.05, 0) is 17.7 Å². The topological polar surface area (TPSA) is 123 Å². The van der Waals surface area contributed by atoms with Gasteiger partial charge in [-0.2, -0.15) is 5.10 Å². The van der Waals surface area contributed by atoms with Crippen molar-refractivity contribution in [1.29, 1.82) is 0 Å². The minimum absolute atomic E-state index is 0.125. The Morgan fingerprint density at radius 1 is 1.32 bits per heavy atom. The molecule has 1 aliphatic heterocycles. The Morgan fingerprint density at radius 3 is 2.75 bits per heavy atom. The number of ether oxygens (including phenoxy) is 1. The van der Waals surface area contributed by atoms with E-state index >= 15 is 0 Å². The molecule has 0 radical (unpaired) electrons. The van der Waals surface area contributed by atoms with Crippen LogP contribution in [0.4, 0.5) is 5.69 Å². The first-order valence-electron chi connectivity index (χ1n) is 8.49. The fourth-order valence-corrected chi connectivity index (χ4v) is 3.10. The van der Waals surface area contributed by atoms with Crippen molar-refractivity contribution < 1.29 is 19.2 Å². The molecule has 0 aliphatic carbocycles. The zero-order valence-corrected chi connectivity index (χ0v) is 15.0. The molecular weight excluding hydrogens is 364 g/mol. The number of carbonyl (C=O) groups is 2. The summed E-state index contributed by atoms with van der Waals surface area (Å²) < 4.78 is 4.94. The predicted molar refractivity (Wildman–Crippen MR) is 101 cm³/mol. The highest BCUT2D eigenvalue weighted by Crippen LogP contribution is 2.29. The molecule has 1 aliphatic rings. The molecule has 2 amide bonds. The maximum Gasteiger partial charge on any atom is 0.311 e. The average Bonchev–Trinajstić information content (AvgIpc) is 3.10. The third-order valence-electron chi connectivity index (χ3n) is 4.48. The Bertz CT molecular complexity index is 929. The number of rotatable bonds is 6. The van der Waals surface area contributed by atoms with Crippen molar-refractivity contribution in [1.82, 2.24) is 10.7 Å². The van der Waals surface area contributed by atoms with Crippen LogP contribution in [0, 0.1) is 16.0 Å². The third-order valence-corrected chi connectivity index (χ3v) is 4.48. The van der Waals surface area contributed by atoms with Gasteiger partial charge in [0.15, 0.2) is 5.75 Å². The summed E-state index contributed by atoms with van der Waals surface area (Å²) in [6, 6.07) is 13.6. The first-order valence-corrected chi connectivity index (χ1v) is 8.49. The maximum atomic E-state index is 12.5. The lowest BCUT2D eigenvalue weighted by Crippen LogP contribution is -2.34. The number of nitrogens with zero attached hydrogens (tertiary/aromatic N) is 2. The smallest absolute Gasteiger partial charge is 0.311 e. The second kappa shape index (κ2) is 8.30.